The van der Waals surface area contributed by atoms with E-state index in [1.165, 1.54) is 23.9 Å². The Morgan fingerprint density at radius 2 is 2.06 bits per heavy atom. The van der Waals surface area contributed by atoms with Crippen molar-refractivity contribution in [2.75, 3.05) is 5.75 Å². The number of hydrogen-bond acceptors (Lipinski definition) is 3. The molecule has 2 rings (SSSR count). The van der Waals surface area contributed by atoms with E-state index in [1.54, 1.807) is 23.5 Å². The molecule has 96 valence electrons. The van der Waals surface area contributed by atoms with Gasteiger partial charge in [0.1, 0.15) is 5.82 Å². The lowest BCUT2D eigenvalue weighted by Crippen LogP contribution is -2.12. The Balaban J connectivity index is 1.81. The van der Waals surface area contributed by atoms with Gasteiger partial charge in [0.15, 0.2) is 0 Å². The Kier molecular flexibility index (Phi) is 5.24. The van der Waals surface area contributed by atoms with Gasteiger partial charge in [-0.05, 0) is 46.3 Å². The molecule has 0 bridgehead atoms. The molecule has 0 aliphatic carbocycles. The van der Waals surface area contributed by atoms with Crippen molar-refractivity contribution < 1.29 is 9.50 Å². The molecule has 0 spiro atoms. The van der Waals surface area contributed by atoms with Gasteiger partial charge in [-0.1, -0.05) is 0 Å². The summed E-state index contributed by atoms with van der Waals surface area (Å²) in [7, 11) is 0. The van der Waals surface area contributed by atoms with Crippen LogP contribution in [0.1, 0.15) is 4.88 Å². The van der Waals surface area contributed by atoms with Crippen molar-refractivity contribution in [2.24, 2.45) is 0 Å². The maximum atomic E-state index is 12.7. The summed E-state index contributed by atoms with van der Waals surface area (Å²) in [5, 5.41) is 11.9. The summed E-state index contributed by atoms with van der Waals surface area (Å²) in [6, 6.07) is 8.36. The van der Waals surface area contributed by atoms with E-state index in [2.05, 4.69) is 15.9 Å². The smallest absolute Gasteiger partial charge is 0.123 e. The van der Waals surface area contributed by atoms with Crippen LogP contribution in [0.2, 0.25) is 0 Å². The van der Waals surface area contributed by atoms with Gasteiger partial charge in [0.25, 0.3) is 0 Å². The molecule has 18 heavy (non-hydrogen) atoms. The Bertz CT molecular complexity index is 498. The topological polar surface area (TPSA) is 20.2 Å². The second-order valence-electron chi connectivity index (χ2n) is 3.85. The van der Waals surface area contributed by atoms with Crippen molar-refractivity contribution in [1.29, 1.82) is 0 Å². The molecule has 0 aliphatic rings. The van der Waals surface area contributed by atoms with Crippen LogP contribution in [-0.2, 0) is 6.42 Å². The predicted octanol–water partition coefficient (Wildman–Crippen LogP) is 4.35. The Hall–Kier alpha value is -0.360. The lowest BCUT2D eigenvalue weighted by molar-refractivity contribution is 0.201. The van der Waals surface area contributed by atoms with E-state index < -0.39 is 0 Å². The van der Waals surface area contributed by atoms with Gasteiger partial charge in [-0.3, -0.25) is 0 Å². The molecule has 0 saturated heterocycles. The highest BCUT2D eigenvalue weighted by molar-refractivity contribution is 9.10. The molecule has 1 aromatic carbocycles. The molecule has 0 fully saturated rings. The molecular formula is C13H12BrFOS2. The molecule has 1 N–H and O–H groups in total. The first kappa shape index (κ1) is 14.1. The number of thiophene rings is 1. The summed E-state index contributed by atoms with van der Waals surface area (Å²) in [6.45, 7) is 0. The first-order valence-electron chi connectivity index (χ1n) is 5.43. The average molecular weight is 347 g/mol. The number of aliphatic hydroxyl groups excluding tert-OH is 1. The standard InChI is InChI=1S/C13H12BrFOS2/c14-9-5-13(17-7-9)6-11(16)8-18-12-3-1-10(15)2-4-12/h1-5,7,11,16H,6,8H2. The fourth-order valence-electron chi connectivity index (χ4n) is 1.48. The van der Waals surface area contributed by atoms with Crippen LogP contribution in [0.25, 0.3) is 0 Å². The number of rotatable bonds is 5. The quantitative estimate of drug-likeness (QED) is 0.812. The van der Waals surface area contributed by atoms with E-state index in [0.29, 0.717) is 12.2 Å². The van der Waals surface area contributed by atoms with Gasteiger partial charge in [-0.25, -0.2) is 4.39 Å². The normalized spacial score (nSPS) is 12.6. The Morgan fingerprint density at radius 1 is 1.33 bits per heavy atom. The van der Waals surface area contributed by atoms with E-state index >= 15 is 0 Å². The third-order valence-electron chi connectivity index (χ3n) is 2.31. The molecule has 0 amide bonds. The minimum absolute atomic E-state index is 0.233. The van der Waals surface area contributed by atoms with E-state index in [0.717, 1.165) is 14.2 Å². The van der Waals surface area contributed by atoms with Crippen LogP contribution in [-0.4, -0.2) is 17.0 Å². The number of thioether (sulfide) groups is 1. The summed E-state index contributed by atoms with van der Waals surface area (Å²) in [5.74, 6) is 0.379. The molecule has 0 radical (unpaired) electrons. The minimum Gasteiger partial charge on any atom is -0.392 e. The van der Waals surface area contributed by atoms with Crippen LogP contribution in [0.15, 0.2) is 45.1 Å². The van der Waals surface area contributed by atoms with Crippen LogP contribution in [0.4, 0.5) is 4.39 Å². The molecule has 1 heterocycles. The second-order valence-corrected chi connectivity index (χ2v) is 6.86. The minimum atomic E-state index is -0.384. The van der Waals surface area contributed by atoms with E-state index in [9.17, 15) is 9.50 Å². The fraction of sp³-hybridized carbons (Fsp3) is 0.231. The first-order chi connectivity index (χ1) is 8.63. The molecule has 5 heteroatoms. The number of halogens is 2. The molecule has 1 unspecified atom stereocenters. The molecule has 0 saturated carbocycles. The van der Waals surface area contributed by atoms with Crippen LogP contribution >= 0.6 is 39.0 Å². The third kappa shape index (κ3) is 4.39. The summed E-state index contributed by atoms with van der Waals surface area (Å²) in [5.41, 5.74) is 0. The van der Waals surface area contributed by atoms with Crippen LogP contribution in [0.3, 0.4) is 0 Å². The predicted molar refractivity (Wildman–Crippen MR) is 78.9 cm³/mol. The van der Waals surface area contributed by atoms with Gasteiger partial charge in [0.2, 0.25) is 0 Å². The number of hydrogen-bond donors (Lipinski definition) is 1. The molecule has 0 aliphatic heterocycles. The summed E-state index contributed by atoms with van der Waals surface area (Å²) in [6.07, 6.45) is 0.274. The fourth-order valence-corrected chi connectivity index (χ4v) is 3.83. The zero-order valence-electron chi connectivity index (χ0n) is 9.48. The van der Waals surface area contributed by atoms with Crippen LogP contribution in [0, 0.1) is 5.82 Å². The van der Waals surface area contributed by atoms with Crippen molar-refractivity contribution in [3.8, 4) is 0 Å². The summed E-state index contributed by atoms with van der Waals surface area (Å²) < 4.78 is 13.8. The molecule has 1 aromatic heterocycles. The van der Waals surface area contributed by atoms with E-state index in [1.807, 2.05) is 11.4 Å². The van der Waals surface area contributed by atoms with Crippen LogP contribution in [0.5, 0.6) is 0 Å². The van der Waals surface area contributed by atoms with E-state index in [4.69, 9.17) is 0 Å². The Morgan fingerprint density at radius 3 is 2.67 bits per heavy atom. The molecule has 2 aromatic rings. The molecular weight excluding hydrogens is 335 g/mol. The maximum Gasteiger partial charge on any atom is 0.123 e. The van der Waals surface area contributed by atoms with Crippen LogP contribution < -0.4 is 0 Å². The van der Waals surface area contributed by atoms with E-state index in [-0.39, 0.29) is 11.9 Å². The van der Waals surface area contributed by atoms with Crippen molar-refractivity contribution in [2.45, 2.75) is 17.4 Å². The van der Waals surface area contributed by atoms with Crippen molar-refractivity contribution >= 4 is 39.0 Å². The molecule has 1 atom stereocenters. The van der Waals surface area contributed by atoms with Crippen molar-refractivity contribution in [1.82, 2.24) is 0 Å². The largest absolute Gasteiger partial charge is 0.392 e. The number of benzene rings is 1. The monoisotopic (exact) mass is 346 g/mol. The van der Waals surface area contributed by atoms with Gasteiger partial charge >= 0.3 is 0 Å². The third-order valence-corrected chi connectivity index (χ3v) is 5.19. The van der Waals surface area contributed by atoms with Gasteiger partial charge in [0, 0.05) is 31.8 Å². The molecule has 1 nitrogen and oxygen atoms in total. The lowest BCUT2D eigenvalue weighted by atomic mass is 10.2. The zero-order chi connectivity index (χ0) is 13.0. The summed E-state index contributed by atoms with van der Waals surface area (Å²) >= 11 is 6.57. The first-order valence-corrected chi connectivity index (χ1v) is 8.08. The van der Waals surface area contributed by atoms with Gasteiger partial charge in [0.05, 0.1) is 6.10 Å². The van der Waals surface area contributed by atoms with Crippen molar-refractivity contribution in [3.63, 3.8) is 0 Å². The zero-order valence-corrected chi connectivity index (χ0v) is 12.7. The van der Waals surface area contributed by atoms with Gasteiger partial charge in [-0.15, -0.1) is 23.1 Å². The van der Waals surface area contributed by atoms with Gasteiger partial charge < -0.3 is 5.11 Å². The lowest BCUT2D eigenvalue weighted by Gasteiger charge is -2.08. The maximum absolute atomic E-state index is 12.7. The summed E-state index contributed by atoms with van der Waals surface area (Å²) in [4.78, 5) is 2.14. The highest BCUT2D eigenvalue weighted by Crippen LogP contribution is 2.23. The average Bonchev–Trinajstić information content (AvgIpc) is 2.74. The van der Waals surface area contributed by atoms with Crippen molar-refractivity contribution in [3.05, 3.63) is 50.9 Å². The SMILES string of the molecule is OC(CSc1ccc(F)cc1)Cc1cc(Br)cs1. The van der Waals surface area contributed by atoms with Gasteiger partial charge in [-0.2, -0.15) is 0 Å². The second kappa shape index (κ2) is 6.70. The highest BCUT2D eigenvalue weighted by atomic mass is 79.9. The Labute approximate surface area is 122 Å². The highest BCUT2D eigenvalue weighted by Gasteiger charge is 2.08. The number of aliphatic hydroxyl groups is 1.